The second-order valence-electron chi connectivity index (χ2n) is 6.08. The number of nitrogens with zero attached hydrogens (tertiary/aromatic N) is 1. The van der Waals surface area contributed by atoms with Gasteiger partial charge in [0.15, 0.2) is 0 Å². The van der Waals surface area contributed by atoms with Gasteiger partial charge in [-0.05, 0) is 29.3 Å². The molecule has 0 spiro atoms. The van der Waals surface area contributed by atoms with Crippen LogP contribution in [0.25, 0.3) is 10.8 Å². The number of hydrogen-bond acceptors (Lipinski definition) is 3. The molecule has 0 bridgehead atoms. The van der Waals surface area contributed by atoms with Crippen molar-refractivity contribution in [2.45, 2.75) is 12.8 Å². The first-order valence-electron chi connectivity index (χ1n) is 8.46. The molecule has 0 aromatic heterocycles. The van der Waals surface area contributed by atoms with E-state index in [2.05, 4.69) is 10.6 Å². The molecular weight excluding hydrogens is 302 g/mol. The Labute approximate surface area is 142 Å². The van der Waals surface area contributed by atoms with Gasteiger partial charge < -0.3 is 15.5 Å². The number of fused-ring (bicyclic) bond motifs is 1. The highest BCUT2D eigenvalue weighted by Crippen LogP contribution is 2.18. The third-order valence-corrected chi connectivity index (χ3v) is 4.36. The molecule has 0 radical (unpaired) electrons. The predicted octanol–water partition coefficient (Wildman–Crippen LogP) is 1.32. The molecule has 5 heteroatoms. The second kappa shape index (κ2) is 7.93. The molecule has 0 atom stereocenters. The fraction of sp³-hybridized carbons (Fsp3) is 0.368. The SMILES string of the molecule is O=C(Cc1cccc2ccccc12)NCC(=O)N1CCCNCC1. The summed E-state index contributed by atoms with van der Waals surface area (Å²) in [5.41, 5.74) is 0.983. The lowest BCUT2D eigenvalue weighted by Crippen LogP contribution is -2.42. The van der Waals surface area contributed by atoms with E-state index >= 15 is 0 Å². The summed E-state index contributed by atoms with van der Waals surface area (Å²) in [5.74, 6) is -0.127. The van der Waals surface area contributed by atoms with E-state index in [0.29, 0.717) is 6.54 Å². The van der Waals surface area contributed by atoms with Crippen molar-refractivity contribution in [3.05, 3.63) is 48.0 Å². The van der Waals surface area contributed by atoms with Gasteiger partial charge in [0.25, 0.3) is 0 Å². The number of carbonyl (C=O) groups is 2. The van der Waals surface area contributed by atoms with E-state index in [9.17, 15) is 9.59 Å². The molecule has 2 amide bonds. The molecule has 24 heavy (non-hydrogen) atoms. The van der Waals surface area contributed by atoms with Crippen LogP contribution in [0.5, 0.6) is 0 Å². The Kier molecular flexibility index (Phi) is 5.43. The molecule has 0 aliphatic carbocycles. The molecular formula is C19H23N3O2. The van der Waals surface area contributed by atoms with Crippen LogP contribution in [0.2, 0.25) is 0 Å². The number of nitrogens with one attached hydrogen (secondary N) is 2. The van der Waals surface area contributed by atoms with E-state index in [4.69, 9.17) is 0 Å². The Morgan fingerprint density at radius 1 is 1.04 bits per heavy atom. The maximum absolute atomic E-state index is 12.2. The van der Waals surface area contributed by atoms with Crippen LogP contribution in [0.1, 0.15) is 12.0 Å². The first-order valence-corrected chi connectivity index (χ1v) is 8.46. The van der Waals surface area contributed by atoms with Gasteiger partial charge in [0.2, 0.25) is 11.8 Å². The Morgan fingerprint density at radius 3 is 2.79 bits per heavy atom. The molecule has 2 aromatic carbocycles. The highest BCUT2D eigenvalue weighted by molar-refractivity contribution is 5.91. The normalized spacial score (nSPS) is 15.1. The molecule has 2 N–H and O–H groups in total. The number of rotatable bonds is 4. The quantitative estimate of drug-likeness (QED) is 0.891. The summed E-state index contributed by atoms with van der Waals surface area (Å²) in [6.45, 7) is 3.29. The number of amides is 2. The minimum atomic E-state index is -0.118. The summed E-state index contributed by atoms with van der Waals surface area (Å²) < 4.78 is 0. The average molecular weight is 325 g/mol. The van der Waals surface area contributed by atoms with Gasteiger partial charge in [-0.3, -0.25) is 9.59 Å². The van der Waals surface area contributed by atoms with Crippen LogP contribution in [0.15, 0.2) is 42.5 Å². The molecule has 1 aliphatic heterocycles. The van der Waals surface area contributed by atoms with Gasteiger partial charge in [-0.15, -0.1) is 0 Å². The van der Waals surface area contributed by atoms with Crippen LogP contribution in [0, 0.1) is 0 Å². The van der Waals surface area contributed by atoms with Gasteiger partial charge in [-0.2, -0.15) is 0 Å². The maximum atomic E-state index is 12.2. The zero-order valence-electron chi connectivity index (χ0n) is 13.8. The maximum Gasteiger partial charge on any atom is 0.242 e. The van der Waals surface area contributed by atoms with Crippen molar-refractivity contribution in [2.24, 2.45) is 0 Å². The largest absolute Gasteiger partial charge is 0.347 e. The predicted molar refractivity (Wildman–Crippen MR) is 94.7 cm³/mol. The summed E-state index contributed by atoms with van der Waals surface area (Å²) in [5, 5.41) is 8.23. The minimum Gasteiger partial charge on any atom is -0.347 e. The molecule has 2 aromatic rings. The van der Waals surface area contributed by atoms with Crippen molar-refractivity contribution in [1.29, 1.82) is 0 Å². The van der Waals surface area contributed by atoms with Crippen molar-refractivity contribution in [1.82, 2.24) is 15.5 Å². The van der Waals surface area contributed by atoms with Crippen molar-refractivity contribution in [2.75, 3.05) is 32.7 Å². The average Bonchev–Trinajstić information content (AvgIpc) is 2.89. The summed E-state index contributed by atoms with van der Waals surface area (Å²) in [4.78, 5) is 26.2. The van der Waals surface area contributed by atoms with Crippen LogP contribution in [0.4, 0.5) is 0 Å². The summed E-state index contributed by atoms with van der Waals surface area (Å²) in [6, 6.07) is 14.0. The first kappa shape index (κ1) is 16.5. The Hall–Kier alpha value is -2.40. The van der Waals surface area contributed by atoms with E-state index in [1.165, 1.54) is 0 Å². The monoisotopic (exact) mass is 325 g/mol. The molecule has 126 valence electrons. The zero-order valence-corrected chi connectivity index (χ0v) is 13.8. The molecule has 3 rings (SSSR count). The van der Waals surface area contributed by atoms with Crippen LogP contribution >= 0.6 is 0 Å². The second-order valence-corrected chi connectivity index (χ2v) is 6.08. The Bertz CT molecular complexity index is 716. The third-order valence-electron chi connectivity index (χ3n) is 4.36. The third kappa shape index (κ3) is 4.11. The lowest BCUT2D eigenvalue weighted by Gasteiger charge is -2.20. The van der Waals surface area contributed by atoms with E-state index in [0.717, 1.165) is 42.4 Å². The van der Waals surface area contributed by atoms with E-state index in [1.807, 2.05) is 47.4 Å². The first-order chi connectivity index (χ1) is 11.7. The van der Waals surface area contributed by atoms with Gasteiger partial charge >= 0.3 is 0 Å². The molecule has 0 unspecified atom stereocenters. The number of benzene rings is 2. The Morgan fingerprint density at radius 2 is 1.88 bits per heavy atom. The zero-order chi connectivity index (χ0) is 16.8. The number of hydrogen-bond donors (Lipinski definition) is 2. The standard InChI is InChI=1S/C19H23N3O2/c23-18(21-14-19(24)22-11-4-9-20-10-12-22)13-16-7-3-6-15-5-1-2-8-17(15)16/h1-3,5-8,20H,4,9-14H2,(H,21,23). The molecule has 5 nitrogen and oxygen atoms in total. The molecule has 1 fully saturated rings. The fourth-order valence-corrected chi connectivity index (χ4v) is 3.06. The van der Waals surface area contributed by atoms with Crippen molar-refractivity contribution in [3.8, 4) is 0 Å². The fourth-order valence-electron chi connectivity index (χ4n) is 3.06. The van der Waals surface area contributed by atoms with Crippen LogP contribution in [-0.2, 0) is 16.0 Å². The highest BCUT2D eigenvalue weighted by atomic mass is 16.2. The minimum absolute atomic E-state index is 0.00929. The van der Waals surface area contributed by atoms with Crippen molar-refractivity contribution < 1.29 is 9.59 Å². The van der Waals surface area contributed by atoms with Crippen molar-refractivity contribution in [3.63, 3.8) is 0 Å². The van der Waals surface area contributed by atoms with Crippen LogP contribution in [0.3, 0.4) is 0 Å². The lowest BCUT2D eigenvalue weighted by molar-refractivity contribution is -0.132. The van der Waals surface area contributed by atoms with Crippen molar-refractivity contribution >= 4 is 22.6 Å². The van der Waals surface area contributed by atoms with Crippen LogP contribution in [-0.4, -0.2) is 49.4 Å². The molecule has 1 aliphatic rings. The van der Waals surface area contributed by atoms with Gasteiger partial charge in [-0.25, -0.2) is 0 Å². The Balaban J connectivity index is 1.56. The van der Waals surface area contributed by atoms with Crippen LogP contribution < -0.4 is 10.6 Å². The van der Waals surface area contributed by atoms with Gasteiger partial charge in [0.1, 0.15) is 0 Å². The molecule has 1 saturated heterocycles. The summed E-state index contributed by atoms with van der Waals surface area (Å²) in [7, 11) is 0. The summed E-state index contributed by atoms with van der Waals surface area (Å²) >= 11 is 0. The topological polar surface area (TPSA) is 61.4 Å². The van der Waals surface area contributed by atoms with E-state index < -0.39 is 0 Å². The molecule has 1 heterocycles. The highest BCUT2D eigenvalue weighted by Gasteiger charge is 2.16. The van der Waals surface area contributed by atoms with E-state index in [-0.39, 0.29) is 24.8 Å². The van der Waals surface area contributed by atoms with Gasteiger partial charge in [-0.1, -0.05) is 42.5 Å². The van der Waals surface area contributed by atoms with Gasteiger partial charge in [0.05, 0.1) is 13.0 Å². The van der Waals surface area contributed by atoms with Gasteiger partial charge in [0, 0.05) is 19.6 Å². The van der Waals surface area contributed by atoms with E-state index in [1.54, 1.807) is 0 Å². The summed E-state index contributed by atoms with van der Waals surface area (Å²) in [6.07, 6.45) is 1.24. The number of carbonyl (C=O) groups excluding carboxylic acids is 2. The smallest absolute Gasteiger partial charge is 0.242 e. The molecule has 0 saturated carbocycles. The lowest BCUT2D eigenvalue weighted by atomic mass is 10.0.